The van der Waals surface area contributed by atoms with Crippen molar-refractivity contribution in [2.75, 3.05) is 12.4 Å². The fourth-order valence-corrected chi connectivity index (χ4v) is 3.66. The lowest BCUT2D eigenvalue weighted by molar-refractivity contribution is 0.102. The zero-order valence-corrected chi connectivity index (χ0v) is 16.0. The summed E-state index contributed by atoms with van der Waals surface area (Å²) in [5.41, 5.74) is 2.20. The van der Waals surface area contributed by atoms with Crippen molar-refractivity contribution in [1.82, 2.24) is 4.98 Å². The van der Waals surface area contributed by atoms with Crippen LogP contribution in [0.3, 0.4) is 0 Å². The average molecular weight is 395 g/mol. The minimum absolute atomic E-state index is 0.255. The number of carbonyl (C=O) groups excluding carboxylic acids is 1. The lowest BCUT2D eigenvalue weighted by Crippen LogP contribution is -2.13. The number of aromatic nitrogens is 1. The second-order valence-corrected chi connectivity index (χ2v) is 7.19. The molecule has 1 N–H and O–H groups in total. The van der Waals surface area contributed by atoms with Crippen LogP contribution in [0, 0.1) is 0 Å². The van der Waals surface area contributed by atoms with Crippen molar-refractivity contribution in [3.05, 3.63) is 76.6 Å². The number of nitrogens with one attached hydrogen (secondary N) is 1. The number of thiazole rings is 1. The van der Waals surface area contributed by atoms with Crippen LogP contribution in [0.15, 0.2) is 66.0 Å². The molecule has 0 aliphatic heterocycles. The molecule has 1 amide bonds. The molecular formula is C21H15ClN2O2S. The van der Waals surface area contributed by atoms with Crippen LogP contribution in [0.2, 0.25) is 5.02 Å². The summed E-state index contributed by atoms with van der Waals surface area (Å²) >= 11 is 7.30. The largest absolute Gasteiger partial charge is 0.496 e. The summed E-state index contributed by atoms with van der Waals surface area (Å²) in [4.78, 5) is 17.3. The van der Waals surface area contributed by atoms with E-state index in [1.54, 1.807) is 7.11 Å². The fraction of sp³-hybridized carbons (Fsp3) is 0.0476. The van der Waals surface area contributed by atoms with Crippen LogP contribution < -0.4 is 10.1 Å². The number of methoxy groups -OCH3 is 1. The maximum Gasteiger partial charge on any atom is 0.261 e. The molecule has 134 valence electrons. The number of hydrogen-bond donors (Lipinski definition) is 1. The Labute approximate surface area is 165 Å². The number of anilines is 1. The van der Waals surface area contributed by atoms with Crippen molar-refractivity contribution < 1.29 is 9.53 Å². The summed E-state index contributed by atoms with van der Waals surface area (Å²) in [6.45, 7) is 0. The molecule has 0 unspecified atom stereocenters. The van der Waals surface area contributed by atoms with Gasteiger partial charge >= 0.3 is 0 Å². The van der Waals surface area contributed by atoms with Crippen molar-refractivity contribution >= 4 is 44.7 Å². The van der Waals surface area contributed by atoms with Crippen LogP contribution in [-0.2, 0) is 0 Å². The normalized spacial score (nSPS) is 10.7. The van der Waals surface area contributed by atoms with E-state index in [1.165, 1.54) is 11.3 Å². The summed E-state index contributed by atoms with van der Waals surface area (Å²) < 4.78 is 5.41. The van der Waals surface area contributed by atoms with Crippen LogP contribution in [0.25, 0.3) is 22.0 Å². The van der Waals surface area contributed by atoms with Crippen LogP contribution in [-0.4, -0.2) is 18.0 Å². The van der Waals surface area contributed by atoms with Gasteiger partial charge in [0.2, 0.25) is 0 Å². The van der Waals surface area contributed by atoms with Crippen molar-refractivity contribution in [2.24, 2.45) is 0 Å². The highest BCUT2D eigenvalue weighted by Gasteiger charge is 2.15. The van der Waals surface area contributed by atoms with Gasteiger partial charge in [0.1, 0.15) is 5.75 Å². The van der Waals surface area contributed by atoms with Crippen molar-refractivity contribution in [2.45, 2.75) is 0 Å². The van der Waals surface area contributed by atoms with Crippen molar-refractivity contribution in [1.29, 1.82) is 0 Å². The summed E-state index contributed by atoms with van der Waals surface area (Å²) in [6, 6.07) is 19.0. The zero-order chi connectivity index (χ0) is 18.8. The highest BCUT2D eigenvalue weighted by atomic mass is 35.5. The Bertz CT molecular complexity index is 1120. The molecule has 1 heterocycles. The van der Waals surface area contributed by atoms with Crippen molar-refractivity contribution in [3.8, 4) is 17.0 Å². The van der Waals surface area contributed by atoms with Gasteiger partial charge in [-0.3, -0.25) is 10.1 Å². The van der Waals surface area contributed by atoms with E-state index in [9.17, 15) is 4.79 Å². The maximum absolute atomic E-state index is 12.8. The summed E-state index contributed by atoms with van der Waals surface area (Å²) in [5, 5.41) is 7.96. The monoisotopic (exact) mass is 394 g/mol. The Morgan fingerprint density at radius 2 is 1.78 bits per heavy atom. The second-order valence-electron chi connectivity index (χ2n) is 5.90. The predicted molar refractivity (Wildman–Crippen MR) is 111 cm³/mol. The van der Waals surface area contributed by atoms with E-state index in [1.807, 2.05) is 66.0 Å². The Kier molecular flexibility index (Phi) is 4.79. The quantitative estimate of drug-likeness (QED) is 0.470. The molecule has 3 aromatic carbocycles. The number of benzene rings is 3. The molecule has 0 aliphatic rings. The van der Waals surface area contributed by atoms with Gasteiger partial charge in [0.05, 0.1) is 18.4 Å². The Balaban J connectivity index is 1.61. The van der Waals surface area contributed by atoms with Gasteiger partial charge in [-0.25, -0.2) is 4.98 Å². The molecule has 0 saturated heterocycles. The Morgan fingerprint density at radius 3 is 2.48 bits per heavy atom. The fourth-order valence-electron chi connectivity index (χ4n) is 2.81. The average Bonchev–Trinajstić information content (AvgIpc) is 3.15. The van der Waals surface area contributed by atoms with Crippen LogP contribution >= 0.6 is 22.9 Å². The van der Waals surface area contributed by atoms with E-state index >= 15 is 0 Å². The second kappa shape index (κ2) is 7.39. The molecule has 0 atom stereocenters. The van der Waals surface area contributed by atoms with Gasteiger partial charge < -0.3 is 4.74 Å². The topological polar surface area (TPSA) is 51.2 Å². The number of carbonyl (C=O) groups is 1. The molecule has 4 aromatic rings. The highest BCUT2D eigenvalue weighted by Crippen LogP contribution is 2.29. The lowest BCUT2D eigenvalue weighted by atomic mass is 10.1. The summed E-state index contributed by atoms with van der Waals surface area (Å²) in [5.74, 6) is 0.273. The molecule has 27 heavy (non-hydrogen) atoms. The van der Waals surface area contributed by atoms with E-state index in [-0.39, 0.29) is 5.91 Å². The first-order valence-corrected chi connectivity index (χ1v) is 9.49. The highest BCUT2D eigenvalue weighted by molar-refractivity contribution is 7.14. The Morgan fingerprint density at radius 1 is 1.07 bits per heavy atom. The number of hydrogen-bond acceptors (Lipinski definition) is 4. The van der Waals surface area contributed by atoms with E-state index < -0.39 is 0 Å². The molecule has 0 saturated carbocycles. The third-order valence-electron chi connectivity index (χ3n) is 4.18. The first kappa shape index (κ1) is 17.5. The number of amides is 1. The molecule has 0 radical (unpaired) electrons. The van der Waals surface area contributed by atoms with E-state index in [2.05, 4.69) is 10.3 Å². The van der Waals surface area contributed by atoms with Crippen molar-refractivity contribution in [3.63, 3.8) is 0 Å². The molecule has 0 bridgehead atoms. The van der Waals surface area contributed by atoms with Gasteiger partial charge in [0.15, 0.2) is 5.13 Å². The molecule has 0 spiro atoms. The van der Waals surface area contributed by atoms with E-state index in [4.69, 9.17) is 16.3 Å². The number of nitrogens with zero attached hydrogens (tertiary/aromatic N) is 1. The smallest absolute Gasteiger partial charge is 0.261 e. The number of rotatable bonds is 4. The summed E-state index contributed by atoms with van der Waals surface area (Å²) in [6.07, 6.45) is 0. The molecule has 4 rings (SSSR count). The van der Waals surface area contributed by atoms with Gasteiger partial charge in [-0.2, -0.15) is 0 Å². The molecule has 0 fully saturated rings. The Hall–Kier alpha value is -2.89. The minimum Gasteiger partial charge on any atom is -0.496 e. The van der Waals surface area contributed by atoms with Crippen LogP contribution in [0.4, 0.5) is 5.13 Å². The van der Waals surface area contributed by atoms with Gasteiger partial charge in [0.25, 0.3) is 5.91 Å². The number of fused-ring (bicyclic) bond motifs is 1. The van der Waals surface area contributed by atoms with Crippen LogP contribution in [0.5, 0.6) is 5.75 Å². The first-order valence-electron chi connectivity index (χ1n) is 8.23. The third-order valence-corrected chi connectivity index (χ3v) is 5.19. The zero-order valence-electron chi connectivity index (χ0n) is 14.4. The van der Waals surface area contributed by atoms with E-state index in [0.29, 0.717) is 21.5 Å². The van der Waals surface area contributed by atoms with Gasteiger partial charge in [-0.15, -0.1) is 11.3 Å². The third kappa shape index (κ3) is 3.65. The molecule has 6 heteroatoms. The van der Waals surface area contributed by atoms with Crippen LogP contribution in [0.1, 0.15) is 10.4 Å². The molecular weight excluding hydrogens is 380 g/mol. The maximum atomic E-state index is 12.8. The van der Waals surface area contributed by atoms with Gasteiger partial charge in [0, 0.05) is 16.0 Å². The minimum atomic E-state index is -0.255. The number of ether oxygens (including phenoxy) is 1. The predicted octanol–water partition coefficient (Wildman–Crippen LogP) is 5.88. The van der Waals surface area contributed by atoms with Gasteiger partial charge in [-0.05, 0) is 35.0 Å². The number of halogens is 1. The first-order chi connectivity index (χ1) is 13.1. The van der Waals surface area contributed by atoms with E-state index in [0.717, 1.165) is 22.0 Å². The molecule has 4 nitrogen and oxygen atoms in total. The van der Waals surface area contributed by atoms with Gasteiger partial charge in [-0.1, -0.05) is 48.0 Å². The standard InChI is InChI=1S/C21H15ClN2O2S/c1-26-19-11-15-5-3-2-4-14(15)10-17(19)20(25)24-21-23-18(12-27-21)13-6-8-16(22)9-7-13/h2-12H,1H3,(H,23,24,25). The molecule has 1 aromatic heterocycles. The lowest BCUT2D eigenvalue weighted by Gasteiger charge is -2.10. The summed E-state index contributed by atoms with van der Waals surface area (Å²) in [7, 11) is 1.56. The molecule has 0 aliphatic carbocycles. The SMILES string of the molecule is COc1cc2ccccc2cc1C(=O)Nc1nc(-c2ccc(Cl)cc2)cs1.